The van der Waals surface area contributed by atoms with Crippen molar-refractivity contribution in [1.82, 2.24) is 24.3 Å². The number of amides is 1. The zero-order chi connectivity index (χ0) is 25.9. The van der Waals surface area contributed by atoms with Gasteiger partial charge < -0.3 is 29.0 Å². The van der Waals surface area contributed by atoms with Gasteiger partial charge in [-0.1, -0.05) is 0 Å². The monoisotopic (exact) mass is 511 g/mol. The van der Waals surface area contributed by atoms with Crippen LogP contribution in [0.3, 0.4) is 0 Å². The lowest BCUT2D eigenvalue weighted by Gasteiger charge is -2.40. The fraction of sp³-hybridized carbons (Fsp3) is 0.440. The molecule has 2 N–H and O–H groups in total. The number of piperidine rings is 1. The number of hydrogen-bond donors (Lipinski definition) is 2. The number of carbonyl (C=O) groups is 1. The molecule has 37 heavy (non-hydrogen) atoms. The lowest BCUT2D eigenvalue weighted by Crippen LogP contribution is -2.55. The van der Waals surface area contributed by atoms with Crippen LogP contribution in [0.1, 0.15) is 12.1 Å². The van der Waals surface area contributed by atoms with Crippen molar-refractivity contribution in [1.29, 1.82) is 0 Å². The summed E-state index contributed by atoms with van der Waals surface area (Å²) in [6.07, 6.45) is 1.56. The van der Waals surface area contributed by atoms with Gasteiger partial charge in [0.05, 0.1) is 54.9 Å². The first-order valence-electron chi connectivity index (χ1n) is 12.1. The summed E-state index contributed by atoms with van der Waals surface area (Å²) < 4.78 is 18.0. The summed E-state index contributed by atoms with van der Waals surface area (Å²) in [5.74, 6) is 1.63. The molecule has 0 saturated carbocycles. The van der Waals surface area contributed by atoms with Crippen LogP contribution in [0.4, 0.5) is 4.79 Å². The summed E-state index contributed by atoms with van der Waals surface area (Å²) >= 11 is 0. The Morgan fingerprint density at radius 2 is 1.97 bits per heavy atom. The highest BCUT2D eigenvalue weighted by Gasteiger charge is 2.35. The van der Waals surface area contributed by atoms with Gasteiger partial charge in [-0.05, 0) is 12.5 Å². The lowest BCUT2D eigenvalue weighted by molar-refractivity contribution is -0.0112. The van der Waals surface area contributed by atoms with E-state index in [0.717, 1.165) is 0 Å². The van der Waals surface area contributed by atoms with Crippen molar-refractivity contribution in [3.05, 3.63) is 52.7 Å². The summed E-state index contributed by atoms with van der Waals surface area (Å²) in [5, 5.41) is 20.8. The number of carboxylic acid groups (broad SMARTS) is 1. The van der Waals surface area contributed by atoms with E-state index in [1.54, 1.807) is 36.1 Å². The van der Waals surface area contributed by atoms with Crippen molar-refractivity contribution in [3.63, 3.8) is 0 Å². The first-order chi connectivity index (χ1) is 17.9. The number of β-amino-alcohol motifs (C(OH)–C–C–N with tert-alkyl or cyclic N) is 1. The van der Waals surface area contributed by atoms with Gasteiger partial charge in [-0.2, -0.15) is 0 Å². The molecular formula is C25H29N5O7. The molecule has 12 heteroatoms. The van der Waals surface area contributed by atoms with Crippen LogP contribution in [-0.2, 0) is 13.1 Å². The summed E-state index contributed by atoms with van der Waals surface area (Å²) in [4.78, 5) is 36.6. The molecule has 3 aromatic heterocycles. The highest BCUT2D eigenvalue weighted by Crippen LogP contribution is 2.30. The number of fused-ring (bicyclic) bond motifs is 2. The van der Waals surface area contributed by atoms with E-state index >= 15 is 0 Å². The van der Waals surface area contributed by atoms with Gasteiger partial charge in [0.25, 0.3) is 5.56 Å². The molecule has 0 unspecified atom stereocenters. The van der Waals surface area contributed by atoms with Crippen molar-refractivity contribution >= 4 is 17.1 Å². The van der Waals surface area contributed by atoms with E-state index in [0.29, 0.717) is 73.2 Å². The van der Waals surface area contributed by atoms with Gasteiger partial charge >= 0.3 is 6.09 Å². The number of aliphatic hydroxyl groups excluding tert-OH is 1. The number of rotatable bonds is 7. The number of aliphatic hydroxyl groups is 1. The van der Waals surface area contributed by atoms with Gasteiger partial charge in [-0.25, -0.2) is 4.79 Å². The number of ether oxygens (including phenoxy) is 3. The molecular weight excluding hydrogens is 482 g/mol. The van der Waals surface area contributed by atoms with Crippen LogP contribution in [0, 0.1) is 0 Å². The number of methoxy groups -OCH3 is 1. The number of nitrogens with zero attached hydrogens (tertiary/aromatic N) is 5. The lowest BCUT2D eigenvalue weighted by atomic mass is 10.00. The highest BCUT2D eigenvalue weighted by molar-refractivity contribution is 5.75. The molecule has 2 aliphatic rings. The van der Waals surface area contributed by atoms with E-state index in [2.05, 4.69) is 9.97 Å². The normalized spacial score (nSPS) is 19.5. The van der Waals surface area contributed by atoms with Gasteiger partial charge in [0, 0.05) is 44.4 Å². The molecule has 2 aliphatic heterocycles. The molecule has 1 amide bonds. The van der Waals surface area contributed by atoms with Crippen LogP contribution >= 0.6 is 0 Å². The second kappa shape index (κ2) is 10.6. The zero-order valence-corrected chi connectivity index (χ0v) is 20.4. The van der Waals surface area contributed by atoms with Crippen LogP contribution in [0.15, 0.2) is 41.5 Å². The first kappa shape index (κ1) is 24.8. The largest absolute Gasteiger partial charge is 0.495 e. The molecule has 1 fully saturated rings. The molecule has 0 bridgehead atoms. The van der Waals surface area contributed by atoms with Gasteiger partial charge in [0.2, 0.25) is 0 Å². The molecule has 3 aromatic rings. The van der Waals surface area contributed by atoms with Crippen molar-refractivity contribution in [2.75, 3.05) is 40.0 Å². The molecule has 1 saturated heterocycles. The number of pyridine rings is 3. The van der Waals surface area contributed by atoms with Gasteiger partial charge in [-0.3, -0.25) is 24.6 Å². The summed E-state index contributed by atoms with van der Waals surface area (Å²) in [7, 11) is 1.55. The van der Waals surface area contributed by atoms with Gasteiger partial charge in [0.15, 0.2) is 11.5 Å². The Hall–Kier alpha value is -3.90. The van der Waals surface area contributed by atoms with Crippen LogP contribution in [0.5, 0.6) is 17.2 Å². The van der Waals surface area contributed by atoms with Gasteiger partial charge in [-0.15, -0.1) is 0 Å². The smallest absolute Gasteiger partial charge is 0.407 e. The molecule has 196 valence electrons. The Kier molecular flexibility index (Phi) is 7.10. The topological polar surface area (TPSA) is 139 Å². The third kappa shape index (κ3) is 5.30. The maximum absolute atomic E-state index is 12.6. The van der Waals surface area contributed by atoms with Crippen molar-refractivity contribution < 1.29 is 29.2 Å². The third-order valence-electron chi connectivity index (χ3n) is 6.78. The zero-order valence-electron chi connectivity index (χ0n) is 20.4. The first-order valence-corrected chi connectivity index (χ1v) is 12.1. The molecule has 0 radical (unpaired) electrons. The summed E-state index contributed by atoms with van der Waals surface area (Å²) in [5.41, 5.74) is 1.72. The molecule has 12 nitrogen and oxygen atoms in total. The maximum Gasteiger partial charge on any atom is 0.407 e. The van der Waals surface area contributed by atoms with Crippen LogP contribution in [0.25, 0.3) is 11.0 Å². The predicted molar refractivity (Wildman–Crippen MR) is 132 cm³/mol. The summed E-state index contributed by atoms with van der Waals surface area (Å²) in [6.45, 7) is 2.65. The van der Waals surface area contributed by atoms with Crippen molar-refractivity contribution in [2.45, 2.75) is 31.7 Å². The van der Waals surface area contributed by atoms with Crippen molar-refractivity contribution in [2.24, 2.45) is 0 Å². The quantitative estimate of drug-likeness (QED) is 0.475. The predicted octanol–water partition coefficient (Wildman–Crippen LogP) is 1.19. The third-order valence-corrected chi connectivity index (χ3v) is 6.78. The maximum atomic E-state index is 12.6. The number of aromatic nitrogens is 3. The minimum absolute atomic E-state index is 0.0218. The Balaban J connectivity index is 1.24. The van der Waals surface area contributed by atoms with Crippen LogP contribution < -0.4 is 19.8 Å². The number of hydrogen-bond acceptors (Lipinski definition) is 9. The highest BCUT2D eigenvalue weighted by atomic mass is 16.6. The fourth-order valence-corrected chi connectivity index (χ4v) is 4.86. The van der Waals surface area contributed by atoms with Crippen LogP contribution in [0.2, 0.25) is 0 Å². The van der Waals surface area contributed by atoms with E-state index in [9.17, 15) is 19.8 Å². The molecule has 0 aliphatic carbocycles. The molecule has 5 rings (SSSR count). The SMILES string of the molecule is COc1cnc2ccc(=O)n(CCN3CC[C@@H](N(Cc4cc5c(cn4)OCCO5)C(=O)O)[C@H](O)C3)c2c1. The molecule has 2 atom stereocenters. The van der Waals surface area contributed by atoms with E-state index < -0.39 is 18.2 Å². The number of likely N-dealkylation sites (tertiary alicyclic amines) is 1. The molecule has 0 aromatic carbocycles. The Labute approximate surface area is 212 Å². The average molecular weight is 512 g/mol. The fourth-order valence-electron chi connectivity index (χ4n) is 4.86. The van der Waals surface area contributed by atoms with Gasteiger partial charge in [0.1, 0.15) is 19.0 Å². The second-order valence-corrected chi connectivity index (χ2v) is 9.06. The van der Waals surface area contributed by atoms with Crippen molar-refractivity contribution in [3.8, 4) is 17.2 Å². The second-order valence-electron chi connectivity index (χ2n) is 9.06. The minimum atomic E-state index is -1.13. The molecule has 0 spiro atoms. The Morgan fingerprint density at radius 1 is 1.16 bits per heavy atom. The summed E-state index contributed by atoms with van der Waals surface area (Å²) in [6, 6.07) is 6.04. The standard InChI is InChI=1S/C25H29N5O7/c1-35-17-11-20-18(27-12-17)2-3-24(32)29(20)7-6-28-5-4-19(21(31)15-28)30(25(33)34)14-16-10-22-23(13-26-16)37-9-8-36-22/h2-3,10-13,19,21,31H,4-9,14-15H2,1H3,(H,33,34)/t19-,21-/m1/s1. The Morgan fingerprint density at radius 3 is 2.73 bits per heavy atom. The van der Waals surface area contributed by atoms with Crippen LogP contribution in [-0.4, -0.2) is 92.7 Å². The van der Waals surface area contributed by atoms with E-state index in [1.807, 2.05) is 4.90 Å². The molecule has 5 heterocycles. The minimum Gasteiger partial charge on any atom is -0.495 e. The average Bonchev–Trinajstić information content (AvgIpc) is 2.91. The van der Waals surface area contributed by atoms with E-state index in [1.165, 1.54) is 17.2 Å². The Bertz CT molecular complexity index is 1350. The van der Waals surface area contributed by atoms with E-state index in [4.69, 9.17) is 14.2 Å². The van der Waals surface area contributed by atoms with E-state index in [-0.39, 0.29) is 18.6 Å².